The molecule has 2 aliphatic rings. The minimum atomic E-state index is 0.0403. The molecule has 0 spiro atoms. The van der Waals surface area contributed by atoms with E-state index in [1.54, 1.807) is 0 Å². The third kappa shape index (κ3) is 2.66. The molecule has 2 rings (SSSR count). The maximum absolute atomic E-state index is 6.13. The van der Waals surface area contributed by atoms with Crippen molar-refractivity contribution >= 4 is 11.6 Å². The first-order valence-corrected chi connectivity index (χ1v) is 6.69. The van der Waals surface area contributed by atoms with Gasteiger partial charge in [-0.1, -0.05) is 13.3 Å². The van der Waals surface area contributed by atoms with Crippen molar-refractivity contribution in [1.29, 1.82) is 0 Å². The van der Waals surface area contributed by atoms with E-state index >= 15 is 0 Å². The van der Waals surface area contributed by atoms with Crippen LogP contribution in [0.15, 0.2) is 0 Å². The van der Waals surface area contributed by atoms with Crippen LogP contribution in [0.3, 0.4) is 0 Å². The van der Waals surface area contributed by atoms with Gasteiger partial charge in [0.15, 0.2) is 6.29 Å². The smallest absolute Gasteiger partial charge is 0.158 e. The van der Waals surface area contributed by atoms with Crippen molar-refractivity contribution in [1.82, 2.24) is 0 Å². The van der Waals surface area contributed by atoms with Gasteiger partial charge in [0.2, 0.25) is 0 Å². The third-order valence-corrected chi connectivity index (χ3v) is 3.88. The lowest BCUT2D eigenvalue weighted by atomic mass is 10.1. The Morgan fingerprint density at radius 3 is 2.87 bits per heavy atom. The van der Waals surface area contributed by atoms with Crippen molar-refractivity contribution < 1.29 is 9.47 Å². The van der Waals surface area contributed by atoms with Crippen LogP contribution in [-0.4, -0.2) is 24.4 Å². The number of rotatable bonds is 5. The highest BCUT2D eigenvalue weighted by Gasteiger charge is 2.54. The lowest BCUT2D eigenvalue weighted by Gasteiger charge is -2.28. The molecule has 3 atom stereocenters. The lowest BCUT2D eigenvalue weighted by Crippen LogP contribution is -2.30. The summed E-state index contributed by atoms with van der Waals surface area (Å²) in [5, 5.41) is 0. The second kappa shape index (κ2) is 5.03. The molecule has 0 N–H and O–H groups in total. The van der Waals surface area contributed by atoms with Gasteiger partial charge in [0, 0.05) is 12.5 Å². The molecule has 1 saturated heterocycles. The Labute approximate surface area is 97.3 Å². The molecule has 0 bridgehead atoms. The van der Waals surface area contributed by atoms with Gasteiger partial charge >= 0.3 is 0 Å². The molecular formula is C12H21ClO2. The molecule has 1 unspecified atom stereocenters. The highest BCUT2D eigenvalue weighted by Crippen LogP contribution is 2.52. The zero-order valence-electron chi connectivity index (χ0n) is 9.51. The Bertz CT molecular complexity index is 204. The summed E-state index contributed by atoms with van der Waals surface area (Å²) < 4.78 is 11.8. The zero-order chi connectivity index (χ0) is 10.7. The average molecular weight is 233 g/mol. The van der Waals surface area contributed by atoms with Gasteiger partial charge in [0.05, 0.1) is 5.60 Å². The van der Waals surface area contributed by atoms with Crippen molar-refractivity contribution in [2.24, 2.45) is 5.92 Å². The van der Waals surface area contributed by atoms with Gasteiger partial charge in [-0.3, -0.25) is 0 Å². The molecule has 2 fully saturated rings. The number of hydrogen-bond donors (Lipinski definition) is 0. The van der Waals surface area contributed by atoms with Crippen LogP contribution in [0.4, 0.5) is 0 Å². The summed E-state index contributed by atoms with van der Waals surface area (Å²) in [5.41, 5.74) is 0.0680. The highest BCUT2D eigenvalue weighted by atomic mass is 35.5. The number of alkyl halides is 1. The number of halogens is 1. The topological polar surface area (TPSA) is 18.5 Å². The molecule has 0 aromatic carbocycles. The highest BCUT2D eigenvalue weighted by molar-refractivity contribution is 6.17. The van der Waals surface area contributed by atoms with Gasteiger partial charge in [-0.2, -0.15) is 0 Å². The first-order chi connectivity index (χ1) is 7.30. The van der Waals surface area contributed by atoms with E-state index in [1.807, 2.05) is 0 Å². The molecule has 3 heteroatoms. The van der Waals surface area contributed by atoms with Crippen LogP contribution in [0.2, 0.25) is 0 Å². The fourth-order valence-electron chi connectivity index (χ4n) is 2.61. The Kier molecular flexibility index (Phi) is 3.92. The maximum Gasteiger partial charge on any atom is 0.158 e. The van der Waals surface area contributed by atoms with E-state index in [-0.39, 0.29) is 11.9 Å². The number of hydrogen-bond acceptors (Lipinski definition) is 2. The van der Waals surface area contributed by atoms with Crippen LogP contribution in [0.5, 0.6) is 0 Å². The van der Waals surface area contributed by atoms with Gasteiger partial charge in [0.25, 0.3) is 0 Å². The van der Waals surface area contributed by atoms with Crippen LogP contribution in [0.1, 0.15) is 45.4 Å². The van der Waals surface area contributed by atoms with Crippen LogP contribution >= 0.6 is 11.6 Å². The van der Waals surface area contributed by atoms with E-state index in [9.17, 15) is 0 Å². The Morgan fingerprint density at radius 2 is 2.33 bits per heavy atom. The SMILES string of the molecule is CC[C@@H]1C[C@@]1(CCCl)OC1CCCCO1. The summed E-state index contributed by atoms with van der Waals surface area (Å²) in [6, 6.07) is 0. The fraction of sp³-hybridized carbons (Fsp3) is 1.00. The van der Waals surface area contributed by atoms with E-state index in [0.717, 1.165) is 19.4 Å². The van der Waals surface area contributed by atoms with Crippen molar-refractivity contribution in [3.05, 3.63) is 0 Å². The molecule has 0 radical (unpaired) electrons. The molecule has 15 heavy (non-hydrogen) atoms. The lowest BCUT2D eigenvalue weighted by molar-refractivity contribution is -0.201. The summed E-state index contributed by atoms with van der Waals surface area (Å²) >= 11 is 5.85. The zero-order valence-corrected chi connectivity index (χ0v) is 10.3. The summed E-state index contributed by atoms with van der Waals surface area (Å²) in [4.78, 5) is 0. The van der Waals surface area contributed by atoms with E-state index in [1.165, 1.54) is 25.7 Å². The van der Waals surface area contributed by atoms with E-state index in [4.69, 9.17) is 21.1 Å². The van der Waals surface area contributed by atoms with Gasteiger partial charge in [0.1, 0.15) is 0 Å². The predicted octanol–water partition coefficient (Wildman–Crippen LogP) is 3.33. The van der Waals surface area contributed by atoms with Crippen molar-refractivity contribution in [3.63, 3.8) is 0 Å². The first-order valence-electron chi connectivity index (χ1n) is 6.16. The molecule has 0 aromatic rings. The third-order valence-electron chi connectivity index (χ3n) is 3.69. The molecule has 2 nitrogen and oxygen atoms in total. The molecular weight excluding hydrogens is 212 g/mol. The van der Waals surface area contributed by atoms with Gasteiger partial charge < -0.3 is 9.47 Å². The monoisotopic (exact) mass is 232 g/mol. The van der Waals surface area contributed by atoms with Crippen LogP contribution in [-0.2, 0) is 9.47 Å². The number of ether oxygens (including phenoxy) is 2. The second-order valence-electron chi connectivity index (χ2n) is 4.73. The largest absolute Gasteiger partial charge is 0.353 e. The molecule has 0 aromatic heterocycles. The van der Waals surface area contributed by atoms with Gasteiger partial charge in [-0.25, -0.2) is 0 Å². The average Bonchev–Trinajstić information content (AvgIpc) is 2.93. The summed E-state index contributed by atoms with van der Waals surface area (Å²) in [6.45, 7) is 3.09. The maximum atomic E-state index is 6.13. The van der Waals surface area contributed by atoms with Crippen molar-refractivity contribution in [2.75, 3.05) is 12.5 Å². The molecule has 1 heterocycles. The first kappa shape index (κ1) is 11.7. The minimum absolute atomic E-state index is 0.0403. The second-order valence-corrected chi connectivity index (χ2v) is 5.10. The Balaban J connectivity index is 1.84. The molecule has 1 aliphatic heterocycles. The quantitative estimate of drug-likeness (QED) is 0.677. The van der Waals surface area contributed by atoms with E-state index in [0.29, 0.717) is 11.8 Å². The van der Waals surface area contributed by atoms with E-state index in [2.05, 4.69) is 6.92 Å². The van der Waals surface area contributed by atoms with Crippen LogP contribution < -0.4 is 0 Å². The molecule has 88 valence electrons. The van der Waals surface area contributed by atoms with Crippen molar-refractivity contribution in [3.8, 4) is 0 Å². The van der Waals surface area contributed by atoms with Crippen LogP contribution in [0.25, 0.3) is 0 Å². The standard InChI is InChI=1S/C12H21ClO2/c1-2-10-9-12(10,6-7-13)15-11-5-3-4-8-14-11/h10-11H,2-9H2,1H3/t10-,11?,12-/m1/s1. The summed E-state index contributed by atoms with van der Waals surface area (Å²) in [6.07, 6.45) is 6.86. The normalized spacial score (nSPS) is 40.4. The predicted molar refractivity (Wildman–Crippen MR) is 61.1 cm³/mol. The van der Waals surface area contributed by atoms with Crippen LogP contribution in [0, 0.1) is 5.92 Å². The Hall–Kier alpha value is 0.210. The fourth-order valence-corrected chi connectivity index (χ4v) is 2.93. The molecule has 0 amide bonds. The minimum Gasteiger partial charge on any atom is -0.353 e. The molecule has 1 aliphatic carbocycles. The summed E-state index contributed by atoms with van der Waals surface area (Å²) in [7, 11) is 0. The summed E-state index contributed by atoms with van der Waals surface area (Å²) in [5.74, 6) is 1.41. The van der Waals surface area contributed by atoms with E-state index < -0.39 is 0 Å². The van der Waals surface area contributed by atoms with Gasteiger partial charge in [-0.15, -0.1) is 11.6 Å². The van der Waals surface area contributed by atoms with Gasteiger partial charge in [-0.05, 0) is 38.0 Å². The Morgan fingerprint density at radius 1 is 1.47 bits per heavy atom. The van der Waals surface area contributed by atoms with Crippen molar-refractivity contribution in [2.45, 2.75) is 57.3 Å². The molecule has 1 saturated carbocycles.